The fourth-order valence-corrected chi connectivity index (χ4v) is 6.31. The van der Waals surface area contributed by atoms with Crippen LogP contribution in [0.5, 0.6) is 23.0 Å². The van der Waals surface area contributed by atoms with Crippen LogP contribution in [0.3, 0.4) is 0 Å². The molecule has 3 aliphatic rings. The molecule has 20 heteroatoms. The van der Waals surface area contributed by atoms with Gasteiger partial charge in [-0.2, -0.15) is 0 Å². The Bertz CT molecular complexity index is 1620. The molecule has 3 heterocycles. The third-order valence-corrected chi connectivity index (χ3v) is 9.57. The summed E-state index contributed by atoms with van der Waals surface area (Å²) in [5.74, 6) is -1.84. The lowest BCUT2D eigenvalue weighted by Crippen LogP contribution is -2.65. The number of aromatic hydroxyl groups is 3. The number of aliphatic hydroxyl groups is 8. The molecule has 5 rings (SSSR count). The number of hydrogen-bond donors (Lipinski definition) is 11. The minimum absolute atomic E-state index is 0.133. The minimum Gasteiger partial charge on any atom is -0.504 e. The van der Waals surface area contributed by atoms with Gasteiger partial charge in [-0.3, -0.25) is 0 Å². The summed E-state index contributed by atoms with van der Waals surface area (Å²) >= 11 is 0. The summed E-state index contributed by atoms with van der Waals surface area (Å²) < 4.78 is 45.5. The van der Waals surface area contributed by atoms with Crippen LogP contribution in [0.15, 0.2) is 42.5 Å². The van der Waals surface area contributed by atoms with E-state index in [0.717, 1.165) is 12.1 Å². The van der Waals surface area contributed by atoms with Crippen molar-refractivity contribution < 1.29 is 98.9 Å². The number of ether oxygens (including phenoxy) is 8. The molecule has 2 aromatic rings. The van der Waals surface area contributed by atoms with Gasteiger partial charge in [-0.05, 0) is 54.8 Å². The van der Waals surface area contributed by atoms with Crippen molar-refractivity contribution in [3.8, 4) is 23.0 Å². The van der Waals surface area contributed by atoms with Gasteiger partial charge in [-0.1, -0.05) is 12.1 Å². The largest absolute Gasteiger partial charge is 0.504 e. The highest BCUT2D eigenvalue weighted by Crippen LogP contribution is 2.33. The average molecular weight is 801 g/mol. The summed E-state index contributed by atoms with van der Waals surface area (Å²) in [6.45, 7) is -0.179. The second kappa shape index (κ2) is 19.2. The van der Waals surface area contributed by atoms with Crippen molar-refractivity contribution in [3.05, 3.63) is 53.6 Å². The van der Waals surface area contributed by atoms with Crippen molar-refractivity contribution in [2.24, 2.45) is 0 Å². The minimum atomic E-state index is -1.87. The van der Waals surface area contributed by atoms with E-state index in [0.29, 0.717) is 5.56 Å². The van der Waals surface area contributed by atoms with E-state index in [9.17, 15) is 61.0 Å². The molecule has 0 aromatic heterocycles. The Hall–Kier alpha value is -3.71. The molecule has 0 spiro atoms. The molecule has 312 valence electrons. The highest BCUT2D eigenvalue weighted by atomic mass is 16.8. The summed E-state index contributed by atoms with van der Waals surface area (Å²) in [5.41, 5.74) is 0.871. The molecule has 0 saturated carbocycles. The van der Waals surface area contributed by atoms with Gasteiger partial charge in [-0.25, -0.2) is 4.79 Å². The van der Waals surface area contributed by atoms with Gasteiger partial charge in [0, 0.05) is 6.08 Å². The Morgan fingerprint density at radius 3 is 2.07 bits per heavy atom. The molecule has 11 N–H and O–H groups in total. The lowest BCUT2D eigenvalue weighted by atomic mass is 9.96. The molecule has 15 atom stereocenters. The molecule has 2 aromatic carbocycles. The number of carbonyl (C=O) groups excluding carboxylic acids is 1. The van der Waals surface area contributed by atoms with E-state index in [4.69, 9.17) is 37.9 Å². The van der Waals surface area contributed by atoms with Gasteiger partial charge in [0.25, 0.3) is 0 Å². The van der Waals surface area contributed by atoms with E-state index >= 15 is 0 Å². The van der Waals surface area contributed by atoms with Crippen LogP contribution in [0.2, 0.25) is 0 Å². The maximum atomic E-state index is 13.3. The monoisotopic (exact) mass is 800 g/mol. The molecule has 3 saturated heterocycles. The van der Waals surface area contributed by atoms with E-state index < -0.39 is 123 Å². The van der Waals surface area contributed by atoms with Gasteiger partial charge in [0.05, 0.1) is 33.0 Å². The first-order valence-corrected chi connectivity index (χ1v) is 17.6. The first-order valence-electron chi connectivity index (χ1n) is 17.6. The molecule has 0 bridgehead atoms. The van der Waals surface area contributed by atoms with Gasteiger partial charge in [0.1, 0.15) is 61.0 Å². The van der Waals surface area contributed by atoms with Crippen LogP contribution >= 0.6 is 0 Å². The Kier molecular flexibility index (Phi) is 14.9. The highest BCUT2D eigenvalue weighted by Gasteiger charge is 2.53. The van der Waals surface area contributed by atoms with E-state index in [2.05, 4.69) is 0 Å². The van der Waals surface area contributed by atoms with Crippen molar-refractivity contribution in [2.45, 2.75) is 105 Å². The summed E-state index contributed by atoms with van der Waals surface area (Å²) in [6.07, 6.45) is -22.3. The van der Waals surface area contributed by atoms with Crippen LogP contribution in [-0.2, 0) is 44.4 Å². The number of methoxy groups -OCH3 is 1. The van der Waals surface area contributed by atoms with E-state index in [1.807, 2.05) is 0 Å². The zero-order chi connectivity index (χ0) is 40.8. The first-order chi connectivity index (χ1) is 26.6. The van der Waals surface area contributed by atoms with Crippen LogP contribution in [0, 0.1) is 0 Å². The molecule has 0 amide bonds. The summed E-state index contributed by atoms with van der Waals surface area (Å²) in [5, 5.41) is 114. The third kappa shape index (κ3) is 10.0. The van der Waals surface area contributed by atoms with E-state index in [1.54, 1.807) is 6.07 Å². The van der Waals surface area contributed by atoms with Crippen molar-refractivity contribution in [2.75, 3.05) is 26.9 Å². The molecule has 20 nitrogen and oxygen atoms in total. The van der Waals surface area contributed by atoms with Crippen molar-refractivity contribution in [1.82, 2.24) is 0 Å². The van der Waals surface area contributed by atoms with Crippen LogP contribution in [0.4, 0.5) is 0 Å². The molecular formula is C36H48O20. The van der Waals surface area contributed by atoms with Gasteiger partial charge >= 0.3 is 5.97 Å². The van der Waals surface area contributed by atoms with E-state index in [-0.39, 0.29) is 30.1 Å². The molecule has 3 fully saturated rings. The summed E-state index contributed by atoms with van der Waals surface area (Å²) in [7, 11) is 1.39. The van der Waals surface area contributed by atoms with Gasteiger partial charge in [0.2, 0.25) is 0 Å². The summed E-state index contributed by atoms with van der Waals surface area (Å²) in [4.78, 5) is 13.3. The van der Waals surface area contributed by atoms with Crippen LogP contribution in [0.1, 0.15) is 18.1 Å². The van der Waals surface area contributed by atoms with Gasteiger partial charge < -0.3 is 94.1 Å². The molecule has 3 aliphatic heterocycles. The first kappa shape index (κ1) is 43.4. The Balaban J connectivity index is 1.43. The topological polar surface area (TPSA) is 313 Å². The van der Waals surface area contributed by atoms with Crippen molar-refractivity contribution in [1.29, 1.82) is 0 Å². The predicted octanol–water partition coefficient (Wildman–Crippen LogP) is -2.89. The molecule has 56 heavy (non-hydrogen) atoms. The van der Waals surface area contributed by atoms with Crippen molar-refractivity contribution >= 4 is 12.0 Å². The quantitative estimate of drug-likeness (QED) is 0.0519. The Morgan fingerprint density at radius 2 is 1.39 bits per heavy atom. The lowest BCUT2D eigenvalue weighted by molar-refractivity contribution is -0.364. The number of phenols is 3. The Morgan fingerprint density at radius 1 is 0.714 bits per heavy atom. The highest BCUT2D eigenvalue weighted by molar-refractivity contribution is 5.87. The average Bonchev–Trinajstić information content (AvgIpc) is 3.17. The fraction of sp³-hybridized carbons (Fsp3) is 0.583. The Labute approximate surface area is 319 Å². The maximum absolute atomic E-state index is 13.3. The number of aliphatic hydroxyl groups excluding tert-OH is 8. The number of benzene rings is 2. The molecule has 0 radical (unpaired) electrons. The maximum Gasteiger partial charge on any atom is 0.331 e. The van der Waals surface area contributed by atoms with Gasteiger partial charge in [0.15, 0.2) is 48.0 Å². The van der Waals surface area contributed by atoms with Crippen LogP contribution in [-0.4, -0.2) is 181 Å². The van der Waals surface area contributed by atoms with E-state index in [1.165, 1.54) is 44.4 Å². The number of esters is 1. The third-order valence-electron chi connectivity index (χ3n) is 9.57. The zero-order valence-electron chi connectivity index (χ0n) is 30.2. The molecular weight excluding hydrogens is 752 g/mol. The summed E-state index contributed by atoms with van der Waals surface area (Å²) in [6, 6.07) is 8.36. The molecule has 0 unspecified atom stereocenters. The van der Waals surface area contributed by atoms with Crippen LogP contribution in [0.25, 0.3) is 6.08 Å². The predicted molar refractivity (Wildman–Crippen MR) is 185 cm³/mol. The zero-order valence-corrected chi connectivity index (χ0v) is 30.2. The van der Waals surface area contributed by atoms with Gasteiger partial charge in [-0.15, -0.1) is 0 Å². The lowest BCUT2D eigenvalue weighted by Gasteiger charge is -2.47. The fourth-order valence-electron chi connectivity index (χ4n) is 6.31. The standard InChI is InChI=1S/C36H48O20/c1-15-25(42)27(44)30(47)36(52-15)56-33-31(48)35(50-10-9-17-4-7-21(49-2)20(40)12-17)54-23(14-51-34-29(46)28(45)26(43)22(13-37)53-34)32(33)55-24(41)8-5-16-3-6-18(38)19(39)11-16/h3-8,11-12,15,22-23,25-40,42-48H,9-10,13-14H2,1-2H3/b8-5+/t15-,22+,23+,25-,26+,27+,28-,29+,30+,31+,32+,33+,34+,35+,36-/m1/s1. The number of hydrogen-bond acceptors (Lipinski definition) is 20. The second-order valence-electron chi connectivity index (χ2n) is 13.5. The number of phenolic OH excluding ortho intramolecular Hbond substituents is 3. The SMILES string of the molecule is COc1ccc(CCO[C@H]2O[C@@H](CO[C@H]3O[C@@H](CO)[C@H](O)[C@@H](O)[C@@H]3O)[C@H](OC(=O)/C=C/c3ccc(O)c(O)c3)[C@@H](O[C@H]3O[C@H](C)[C@@H](O)[C@H](O)[C@@H]3O)[C@@H]2O)cc1O. The number of carbonyl (C=O) groups is 1. The van der Waals surface area contributed by atoms with Crippen molar-refractivity contribution in [3.63, 3.8) is 0 Å². The smallest absolute Gasteiger partial charge is 0.331 e. The number of rotatable bonds is 14. The molecule has 0 aliphatic carbocycles. The normalized spacial score (nSPS) is 36.4. The van der Waals surface area contributed by atoms with Crippen LogP contribution < -0.4 is 4.74 Å². The second-order valence-corrected chi connectivity index (χ2v) is 13.5.